The van der Waals surface area contributed by atoms with Gasteiger partial charge in [0.05, 0.1) is 6.20 Å². The Bertz CT molecular complexity index is 225. The first-order chi connectivity index (χ1) is 4.52. The highest BCUT2D eigenvalue weighted by Gasteiger charge is 2.36. The molecule has 6 heteroatoms. The fourth-order valence-corrected chi connectivity index (χ4v) is 0.474. The summed E-state index contributed by atoms with van der Waals surface area (Å²) in [6.45, 7) is 0. The molecule has 56 valence electrons. The van der Waals surface area contributed by atoms with Crippen LogP contribution in [0.25, 0.3) is 0 Å². The summed E-state index contributed by atoms with van der Waals surface area (Å²) in [6, 6.07) is 0. The highest BCUT2D eigenvalue weighted by molar-refractivity contribution is 5.05. The van der Waals surface area contributed by atoms with Crippen LogP contribution in [0.3, 0.4) is 0 Å². The van der Waals surface area contributed by atoms with Crippen molar-refractivity contribution >= 4 is 0 Å². The quantitative estimate of drug-likeness (QED) is 0.564. The van der Waals surface area contributed by atoms with E-state index in [0.717, 1.165) is 0 Å². The van der Waals surface area contributed by atoms with E-state index in [-0.39, 0.29) is 0 Å². The molecular weight excluding hydrogens is 152 g/mol. The molecule has 2 nitrogen and oxygen atoms in total. The van der Waals surface area contributed by atoms with Crippen molar-refractivity contribution < 1.29 is 17.6 Å². The maximum Gasteiger partial charge on any atom is 0.438 e. The normalized spacial score (nSPS) is 12.0. The Morgan fingerprint density at radius 2 is 2.00 bits per heavy atom. The summed E-state index contributed by atoms with van der Waals surface area (Å²) in [5.74, 6) is -1.38. The number of nitrogens with zero attached hydrogens (tertiary/aromatic N) is 1. The lowest BCUT2D eigenvalue weighted by Gasteiger charge is -1.99. The molecule has 0 aliphatic heterocycles. The number of H-pyrrole nitrogens is 1. The van der Waals surface area contributed by atoms with Crippen LogP contribution < -0.4 is 0 Å². The molecule has 1 rings (SSSR count). The van der Waals surface area contributed by atoms with Crippen LogP contribution >= 0.6 is 0 Å². The zero-order valence-electron chi connectivity index (χ0n) is 4.54. The molecule has 0 amide bonds. The minimum Gasteiger partial charge on any atom is -0.282 e. The van der Waals surface area contributed by atoms with Crippen LogP contribution in [-0.4, -0.2) is 10.2 Å². The van der Waals surface area contributed by atoms with Crippen LogP contribution in [0.2, 0.25) is 0 Å². The molecular formula is C4H2F4N2. The van der Waals surface area contributed by atoms with Gasteiger partial charge in [-0.05, 0) is 0 Å². The van der Waals surface area contributed by atoms with Crippen LogP contribution in [0, 0.1) is 5.82 Å². The van der Waals surface area contributed by atoms with Gasteiger partial charge in [0.25, 0.3) is 0 Å². The molecule has 1 N–H and O–H groups in total. The Hall–Kier alpha value is -1.07. The summed E-state index contributed by atoms with van der Waals surface area (Å²) < 4.78 is 46.7. The standard InChI is InChI=1S/C4H2F4N2/c5-2-1-9-10-3(2)4(6,7)8/h1H,(H,9,10). The van der Waals surface area contributed by atoms with Crippen molar-refractivity contribution in [3.63, 3.8) is 0 Å². The van der Waals surface area contributed by atoms with E-state index in [1.807, 2.05) is 0 Å². The molecule has 0 aliphatic rings. The number of aromatic nitrogens is 2. The highest BCUT2D eigenvalue weighted by atomic mass is 19.4. The first-order valence-electron chi connectivity index (χ1n) is 2.28. The van der Waals surface area contributed by atoms with Crippen molar-refractivity contribution in [2.45, 2.75) is 6.18 Å². The van der Waals surface area contributed by atoms with Gasteiger partial charge < -0.3 is 0 Å². The number of hydrogen-bond donors (Lipinski definition) is 1. The summed E-state index contributed by atoms with van der Waals surface area (Å²) >= 11 is 0. The molecule has 1 aromatic heterocycles. The summed E-state index contributed by atoms with van der Waals surface area (Å²) in [7, 11) is 0. The fourth-order valence-electron chi connectivity index (χ4n) is 0.474. The predicted octanol–water partition coefficient (Wildman–Crippen LogP) is 1.57. The lowest BCUT2D eigenvalue weighted by Crippen LogP contribution is -2.07. The summed E-state index contributed by atoms with van der Waals surface area (Å²) in [6.07, 6.45) is -4.16. The summed E-state index contributed by atoms with van der Waals surface area (Å²) in [4.78, 5) is 0. The molecule has 0 bridgehead atoms. The van der Waals surface area contributed by atoms with Crippen LogP contribution in [-0.2, 0) is 6.18 Å². The van der Waals surface area contributed by atoms with E-state index in [4.69, 9.17) is 0 Å². The van der Waals surface area contributed by atoms with E-state index in [0.29, 0.717) is 6.20 Å². The van der Waals surface area contributed by atoms with E-state index in [9.17, 15) is 17.6 Å². The molecule has 0 unspecified atom stereocenters. The van der Waals surface area contributed by atoms with Crippen molar-refractivity contribution in [2.75, 3.05) is 0 Å². The third kappa shape index (κ3) is 1.09. The minimum atomic E-state index is -4.70. The average Bonchev–Trinajstić information content (AvgIpc) is 2.11. The number of aromatic amines is 1. The molecule has 0 aromatic carbocycles. The Morgan fingerprint density at radius 3 is 2.20 bits per heavy atom. The van der Waals surface area contributed by atoms with Crippen LogP contribution in [0.15, 0.2) is 6.20 Å². The number of rotatable bonds is 0. The van der Waals surface area contributed by atoms with Gasteiger partial charge in [-0.2, -0.15) is 18.3 Å². The third-order valence-electron chi connectivity index (χ3n) is 0.862. The topological polar surface area (TPSA) is 28.7 Å². The van der Waals surface area contributed by atoms with E-state index in [1.54, 1.807) is 5.10 Å². The first kappa shape index (κ1) is 7.04. The number of nitrogens with one attached hydrogen (secondary N) is 1. The van der Waals surface area contributed by atoms with E-state index >= 15 is 0 Å². The first-order valence-corrected chi connectivity index (χ1v) is 2.28. The van der Waals surface area contributed by atoms with Gasteiger partial charge in [0.1, 0.15) is 0 Å². The molecule has 0 atom stereocenters. The average molecular weight is 154 g/mol. The molecule has 10 heavy (non-hydrogen) atoms. The predicted molar refractivity (Wildman–Crippen MR) is 23.5 cm³/mol. The maximum absolute atomic E-state index is 12.0. The van der Waals surface area contributed by atoms with Crippen molar-refractivity contribution in [3.8, 4) is 0 Å². The Balaban J connectivity index is 3.05. The van der Waals surface area contributed by atoms with E-state index in [1.165, 1.54) is 0 Å². The zero-order chi connectivity index (χ0) is 7.78. The number of alkyl halides is 3. The van der Waals surface area contributed by atoms with Crippen LogP contribution in [0.5, 0.6) is 0 Å². The van der Waals surface area contributed by atoms with Gasteiger partial charge in [0.15, 0.2) is 5.82 Å². The van der Waals surface area contributed by atoms with Crippen molar-refractivity contribution in [1.82, 2.24) is 10.2 Å². The second kappa shape index (κ2) is 1.96. The van der Waals surface area contributed by atoms with Crippen molar-refractivity contribution in [1.29, 1.82) is 0 Å². The summed E-state index contributed by atoms with van der Waals surface area (Å²) in [5.41, 5.74) is -1.51. The van der Waals surface area contributed by atoms with Gasteiger partial charge in [0.2, 0.25) is 5.69 Å². The third-order valence-corrected chi connectivity index (χ3v) is 0.862. The molecule has 1 aromatic rings. The van der Waals surface area contributed by atoms with Crippen molar-refractivity contribution in [3.05, 3.63) is 17.7 Å². The molecule has 0 saturated carbocycles. The minimum absolute atomic E-state index is 0.544. The van der Waals surface area contributed by atoms with Gasteiger partial charge in [-0.3, -0.25) is 5.10 Å². The van der Waals surface area contributed by atoms with E-state index < -0.39 is 17.7 Å². The molecule has 0 radical (unpaired) electrons. The second-order valence-corrected chi connectivity index (χ2v) is 1.58. The molecule has 0 aliphatic carbocycles. The number of hydrogen-bond acceptors (Lipinski definition) is 1. The zero-order valence-corrected chi connectivity index (χ0v) is 4.54. The molecule has 0 fully saturated rings. The second-order valence-electron chi connectivity index (χ2n) is 1.58. The molecule has 0 saturated heterocycles. The van der Waals surface area contributed by atoms with Gasteiger partial charge in [-0.15, -0.1) is 0 Å². The largest absolute Gasteiger partial charge is 0.438 e. The van der Waals surface area contributed by atoms with Crippen LogP contribution in [0.1, 0.15) is 5.69 Å². The summed E-state index contributed by atoms with van der Waals surface area (Å²) in [5, 5.41) is 4.42. The monoisotopic (exact) mass is 154 g/mol. The Labute approximate surface area is 52.9 Å². The fraction of sp³-hybridized carbons (Fsp3) is 0.250. The van der Waals surface area contributed by atoms with Gasteiger partial charge >= 0.3 is 6.18 Å². The van der Waals surface area contributed by atoms with Crippen LogP contribution in [0.4, 0.5) is 17.6 Å². The van der Waals surface area contributed by atoms with E-state index in [2.05, 4.69) is 5.10 Å². The van der Waals surface area contributed by atoms with Gasteiger partial charge in [-0.25, -0.2) is 4.39 Å². The van der Waals surface area contributed by atoms with Crippen molar-refractivity contribution in [2.24, 2.45) is 0 Å². The number of halogens is 4. The Kier molecular flexibility index (Phi) is 1.38. The SMILES string of the molecule is Fc1c[nH]nc1C(F)(F)F. The van der Waals surface area contributed by atoms with Gasteiger partial charge in [0, 0.05) is 0 Å². The lowest BCUT2D eigenvalue weighted by atomic mass is 10.4. The maximum atomic E-state index is 12.0. The van der Waals surface area contributed by atoms with Gasteiger partial charge in [-0.1, -0.05) is 0 Å². The smallest absolute Gasteiger partial charge is 0.282 e. The molecule has 0 spiro atoms. The Morgan fingerprint density at radius 1 is 1.40 bits per heavy atom. The molecule has 1 heterocycles. The lowest BCUT2D eigenvalue weighted by molar-refractivity contribution is -0.143. The highest BCUT2D eigenvalue weighted by Crippen LogP contribution is 2.28.